The summed E-state index contributed by atoms with van der Waals surface area (Å²) in [6, 6.07) is 0. The van der Waals surface area contributed by atoms with E-state index in [-0.39, 0.29) is 0 Å². The Morgan fingerprint density at radius 2 is 1.75 bits per heavy atom. The summed E-state index contributed by atoms with van der Waals surface area (Å²) in [6.07, 6.45) is 9.74. The van der Waals surface area contributed by atoms with Gasteiger partial charge < -0.3 is 10.2 Å². The number of nitrogens with one attached hydrogen (secondary N) is 1. The van der Waals surface area contributed by atoms with Crippen LogP contribution in [0.5, 0.6) is 0 Å². The first-order chi connectivity index (χ1) is 7.83. The van der Waals surface area contributed by atoms with Gasteiger partial charge in [0.2, 0.25) is 0 Å². The molecule has 0 bridgehead atoms. The molecular weight excluding hydrogens is 196 g/mol. The van der Waals surface area contributed by atoms with Crippen molar-refractivity contribution in [2.75, 3.05) is 33.2 Å². The molecule has 0 saturated carbocycles. The highest BCUT2D eigenvalue weighted by atomic mass is 15.1. The third-order valence-electron chi connectivity index (χ3n) is 3.75. The zero-order valence-corrected chi connectivity index (χ0v) is 11.3. The van der Waals surface area contributed by atoms with Gasteiger partial charge in [-0.2, -0.15) is 0 Å². The van der Waals surface area contributed by atoms with Crippen LogP contribution in [0.3, 0.4) is 0 Å². The van der Waals surface area contributed by atoms with Crippen LogP contribution in [0.4, 0.5) is 0 Å². The lowest BCUT2D eigenvalue weighted by Gasteiger charge is -2.23. The fourth-order valence-corrected chi connectivity index (χ4v) is 2.56. The molecule has 1 aliphatic heterocycles. The Morgan fingerprint density at radius 1 is 1.06 bits per heavy atom. The summed E-state index contributed by atoms with van der Waals surface area (Å²) >= 11 is 0. The fraction of sp³-hybridized carbons (Fsp3) is 1.00. The summed E-state index contributed by atoms with van der Waals surface area (Å²) in [4.78, 5) is 2.51. The quantitative estimate of drug-likeness (QED) is 0.640. The van der Waals surface area contributed by atoms with Crippen LogP contribution in [0.25, 0.3) is 0 Å². The van der Waals surface area contributed by atoms with Gasteiger partial charge in [0, 0.05) is 0 Å². The van der Waals surface area contributed by atoms with Crippen molar-refractivity contribution in [3.8, 4) is 0 Å². The minimum absolute atomic E-state index is 1.00. The Morgan fingerprint density at radius 3 is 2.44 bits per heavy atom. The number of hydrogen-bond donors (Lipinski definition) is 1. The van der Waals surface area contributed by atoms with Gasteiger partial charge in [-0.1, -0.05) is 19.8 Å². The molecule has 0 aromatic rings. The lowest BCUT2D eigenvalue weighted by atomic mass is 9.93. The van der Waals surface area contributed by atoms with Gasteiger partial charge >= 0.3 is 0 Å². The third-order valence-corrected chi connectivity index (χ3v) is 3.75. The topological polar surface area (TPSA) is 15.3 Å². The molecule has 1 fully saturated rings. The normalized spacial score (nSPS) is 18.2. The van der Waals surface area contributed by atoms with Crippen LogP contribution in [-0.4, -0.2) is 38.1 Å². The summed E-state index contributed by atoms with van der Waals surface area (Å²) < 4.78 is 0. The summed E-state index contributed by atoms with van der Waals surface area (Å²) in [7, 11) is 2.28. The van der Waals surface area contributed by atoms with Crippen molar-refractivity contribution in [3.05, 3.63) is 0 Å². The van der Waals surface area contributed by atoms with Gasteiger partial charge in [-0.05, 0) is 71.2 Å². The smallest absolute Gasteiger partial charge is 0.00217 e. The molecule has 1 rings (SSSR count). The lowest BCUT2D eigenvalue weighted by molar-refractivity contribution is 0.286. The van der Waals surface area contributed by atoms with Crippen molar-refractivity contribution in [1.29, 1.82) is 0 Å². The largest absolute Gasteiger partial charge is 0.317 e. The summed E-state index contributed by atoms with van der Waals surface area (Å²) in [6.45, 7) is 7.36. The van der Waals surface area contributed by atoms with Gasteiger partial charge in [0.05, 0.1) is 0 Å². The van der Waals surface area contributed by atoms with Crippen LogP contribution in [0.1, 0.15) is 51.9 Å². The zero-order chi connectivity index (χ0) is 11.6. The van der Waals surface area contributed by atoms with Crippen molar-refractivity contribution in [2.45, 2.75) is 51.9 Å². The Kier molecular flexibility index (Phi) is 7.87. The molecule has 2 nitrogen and oxygen atoms in total. The summed E-state index contributed by atoms with van der Waals surface area (Å²) in [5, 5.41) is 3.44. The highest BCUT2D eigenvalue weighted by Gasteiger charge is 2.12. The van der Waals surface area contributed by atoms with E-state index in [4.69, 9.17) is 0 Å². The van der Waals surface area contributed by atoms with Crippen molar-refractivity contribution in [3.63, 3.8) is 0 Å². The number of unbranched alkanes of at least 4 members (excludes halogenated alkanes) is 2. The maximum absolute atomic E-state index is 3.44. The predicted molar refractivity (Wildman–Crippen MR) is 71.8 cm³/mol. The Hall–Kier alpha value is -0.0800. The van der Waals surface area contributed by atoms with E-state index in [1.807, 2.05) is 0 Å². The van der Waals surface area contributed by atoms with E-state index in [1.54, 1.807) is 0 Å². The molecule has 0 atom stereocenters. The molecule has 0 aromatic carbocycles. The molecule has 0 amide bonds. The Balaban J connectivity index is 1.92. The fourth-order valence-electron chi connectivity index (χ4n) is 2.56. The number of rotatable bonds is 8. The Labute approximate surface area is 102 Å². The van der Waals surface area contributed by atoms with Crippen LogP contribution < -0.4 is 5.32 Å². The molecule has 0 unspecified atom stereocenters. The van der Waals surface area contributed by atoms with Gasteiger partial charge in [0.25, 0.3) is 0 Å². The molecule has 16 heavy (non-hydrogen) atoms. The monoisotopic (exact) mass is 226 g/mol. The molecule has 0 spiro atoms. The highest BCUT2D eigenvalue weighted by molar-refractivity contribution is 4.68. The van der Waals surface area contributed by atoms with Crippen molar-refractivity contribution in [2.24, 2.45) is 5.92 Å². The van der Waals surface area contributed by atoms with E-state index in [2.05, 4.69) is 24.2 Å². The van der Waals surface area contributed by atoms with E-state index < -0.39 is 0 Å². The molecule has 0 radical (unpaired) electrons. The van der Waals surface area contributed by atoms with Crippen molar-refractivity contribution in [1.82, 2.24) is 10.2 Å². The molecule has 1 aliphatic rings. The van der Waals surface area contributed by atoms with Crippen LogP contribution in [0.15, 0.2) is 0 Å². The van der Waals surface area contributed by atoms with Crippen LogP contribution >= 0.6 is 0 Å². The first kappa shape index (κ1) is 14.0. The SMILES string of the molecule is CCCCCN(C)CCCC1CCNCC1. The van der Waals surface area contributed by atoms with Crippen molar-refractivity contribution < 1.29 is 0 Å². The maximum atomic E-state index is 3.44. The minimum atomic E-state index is 1.00. The van der Waals surface area contributed by atoms with Gasteiger partial charge in [-0.15, -0.1) is 0 Å². The second-order valence-corrected chi connectivity index (χ2v) is 5.35. The predicted octanol–water partition coefficient (Wildman–Crippen LogP) is 2.89. The first-order valence-corrected chi connectivity index (χ1v) is 7.22. The molecule has 96 valence electrons. The molecule has 1 heterocycles. The van der Waals surface area contributed by atoms with Crippen LogP contribution in [-0.2, 0) is 0 Å². The average molecular weight is 226 g/mol. The molecule has 0 aliphatic carbocycles. The second-order valence-electron chi connectivity index (χ2n) is 5.35. The third kappa shape index (κ3) is 6.49. The van der Waals surface area contributed by atoms with Crippen LogP contribution in [0, 0.1) is 5.92 Å². The van der Waals surface area contributed by atoms with E-state index >= 15 is 0 Å². The van der Waals surface area contributed by atoms with Gasteiger partial charge in [-0.3, -0.25) is 0 Å². The lowest BCUT2D eigenvalue weighted by Crippen LogP contribution is -2.28. The number of piperidine rings is 1. The molecule has 2 heteroatoms. The van der Waals surface area contributed by atoms with Gasteiger partial charge in [0.1, 0.15) is 0 Å². The summed E-state index contributed by atoms with van der Waals surface area (Å²) in [5.41, 5.74) is 0. The number of hydrogen-bond acceptors (Lipinski definition) is 2. The van der Waals surface area contributed by atoms with E-state index in [0.717, 1.165) is 5.92 Å². The molecule has 0 aromatic heterocycles. The standard InChI is InChI=1S/C14H30N2/c1-3-4-5-12-16(2)13-6-7-14-8-10-15-11-9-14/h14-15H,3-13H2,1-2H3. The van der Waals surface area contributed by atoms with E-state index in [0.29, 0.717) is 0 Å². The molecule has 1 N–H and O–H groups in total. The number of nitrogens with zero attached hydrogens (tertiary/aromatic N) is 1. The average Bonchev–Trinajstić information content (AvgIpc) is 2.31. The minimum Gasteiger partial charge on any atom is -0.317 e. The highest BCUT2D eigenvalue weighted by Crippen LogP contribution is 2.17. The van der Waals surface area contributed by atoms with E-state index in [1.165, 1.54) is 71.1 Å². The van der Waals surface area contributed by atoms with E-state index in [9.17, 15) is 0 Å². The van der Waals surface area contributed by atoms with Gasteiger partial charge in [-0.25, -0.2) is 0 Å². The van der Waals surface area contributed by atoms with Crippen molar-refractivity contribution >= 4 is 0 Å². The summed E-state index contributed by atoms with van der Waals surface area (Å²) in [5.74, 6) is 1.00. The molecular formula is C14H30N2. The first-order valence-electron chi connectivity index (χ1n) is 7.22. The maximum Gasteiger partial charge on any atom is -0.00217 e. The molecule has 1 saturated heterocycles. The second kappa shape index (κ2) is 9.00. The van der Waals surface area contributed by atoms with Gasteiger partial charge in [0.15, 0.2) is 0 Å². The van der Waals surface area contributed by atoms with Crippen LogP contribution in [0.2, 0.25) is 0 Å². The Bertz CT molecular complexity index is 153. The zero-order valence-electron chi connectivity index (χ0n) is 11.3.